The molecule has 0 saturated carbocycles. The first-order chi connectivity index (χ1) is 14.5. The number of hydrogen-bond donors (Lipinski definition) is 2. The summed E-state index contributed by atoms with van der Waals surface area (Å²) in [5, 5.41) is 3.29. The van der Waals surface area contributed by atoms with Crippen LogP contribution in [0.15, 0.2) is 52.1 Å². The molecule has 2 aromatic carbocycles. The van der Waals surface area contributed by atoms with Crippen molar-refractivity contribution in [2.75, 3.05) is 13.1 Å². The Morgan fingerprint density at radius 1 is 1.03 bits per heavy atom. The number of amides is 1. The molecule has 1 aliphatic rings. The molecule has 4 rings (SSSR count). The van der Waals surface area contributed by atoms with Crippen LogP contribution in [-0.4, -0.2) is 33.4 Å². The number of hydrogen-bond acceptors (Lipinski definition) is 4. The van der Waals surface area contributed by atoms with Crippen LogP contribution >= 0.6 is 0 Å². The lowest BCUT2D eigenvalue weighted by Gasteiger charge is -2.14. The zero-order chi connectivity index (χ0) is 21.1. The predicted octanol–water partition coefficient (Wildman–Crippen LogP) is 2.24. The van der Waals surface area contributed by atoms with Gasteiger partial charge in [0.15, 0.2) is 0 Å². The van der Waals surface area contributed by atoms with Crippen molar-refractivity contribution in [3.05, 3.63) is 80.0 Å². The van der Waals surface area contributed by atoms with Gasteiger partial charge >= 0.3 is 5.69 Å². The second-order valence-corrected chi connectivity index (χ2v) is 7.72. The van der Waals surface area contributed by atoms with E-state index in [0.717, 1.165) is 16.7 Å². The van der Waals surface area contributed by atoms with E-state index in [2.05, 4.69) is 27.3 Å². The molecule has 1 fully saturated rings. The number of carbonyl (C=O) groups excluding carboxylic acids is 1. The van der Waals surface area contributed by atoms with Crippen LogP contribution in [0, 0.1) is 0 Å². The molecule has 1 aromatic heterocycles. The quantitative estimate of drug-likeness (QED) is 0.657. The smallest absolute Gasteiger partial charge is 0.328 e. The molecule has 0 unspecified atom stereocenters. The molecule has 3 aromatic rings. The highest BCUT2D eigenvalue weighted by Gasteiger charge is 2.12. The highest BCUT2D eigenvalue weighted by molar-refractivity contribution is 5.97. The molecular weight excluding hydrogens is 380 g/mol. The zero-order valence-corrected chi connectivity index (χ0v) is 17.1. The summed E-state index contributed by atoms with van der Waals surface area (Å²) in [6, 6.07) is 13.0. The van der Waals surface area contributed by atoms with E-state index in [0.29, 0.717) is 29.6 Å². The molecule has 0 bridgehead atoms. The molecule has 2 N–H and O–H groups in total. The van der Waals surface area contributed by atoms with Crippen molar-refractivity contribution in [2.45, 2.75) is 39.4 Å². The minimum absolute atomic E-state index is 0.251. The van der Waals surface area contributed by atoms with Crippen molar-refractivity contribution in [2.24, 2.45) is 0 Å². The van der Waals surface area contributed by atoms with Crippen LogP contribution < -0.4 is 16.6 Å². The summed E-state index contributed by atoms with van der Waals surface area (Å²) in [4.78, 5) is 42.1. The monoisotopic (exact) mass is 406 g/mol. The van der Waals surface area contributed by atoms with Crippen molar-refractivity contribution < 1.29 is 4.79 Å². The number of H-pyrrole nitrogens is 1. The van der Waals surface area contributed by atoms with Crippen molar-refractivity contribution in [1.29, 1.82) is 0 Å². The number of rotatable bonds is 6. The first kappa shape index (κ1) is 20.1. The van der Waals surface area contributed by atoms with Gasteiger partial charge in [-0.05, 0) is 62.2 Å². The topological polar surface area (TPSA) is 87.2 Å². The third kappa shape index (κ3) is 4.21. The Balaban J connectivity index is 1.43. The van der Waals surface area contributed by atoms with E-state index in [4.69, 9.17) is 0 Å². The standard InChI is InChI=1S/C23H26N4O3/c1-2-27-22(29)19-10-9-18(13-20(19)25-23(27)30)21(28)24-14-16-5-7-17(8-6-16)15-26-11-3-4-12-26/h5-10,13H,2-4,11-12,14-15H2,1H3,(H,24,28)(H,25,30). The van der Waals surface area contributed by atoms with Crippen LogP contribution in [0.25, 0.3) is 10.9 Å². The number of benzene rings is 2. The van der Waals surface area contributed by atoms with Gasteiger partial charge in [0.2, 0.25) is 0 Å². The van der Waals surface area contributed by atoms with E-state index in [1.807, 2.05) is 12.1 Å². The fourth-order valence-corrected chi connectivity index (χ4v) is 3.93. The average Bonchev–Trinajstić information content (AvgIpc) is 3.26. The molecule has 30 heavy (non-hydrogen) atoms. The summed E-state index contributed by atoms with van der Waals surface area (Å²) in [6.45, 7) is 5.76. The Kier molecular flexibility index (Phi) is 5.81. The number of carbonyl (C=O) groups is 1. The molecule has 0 atom stereocenters. The molecule has 156 valence electrons. The summed E-state index contributed by atoms with van der Waals surface area (Å²) in [5.74, 6) is -0.251. The van der Waals surface area contributed by atoms with Crippen molar-refractivity contribution >= 4 is 16.8 Å². The average molecular weight is 406 g/mol. The number of nitrogens with zero attached hydrogens (tertiary/aromatic N) is 2. The molecule has 7 nitrogen and oxygen atoms in total. The summed E-state index contributed by atoms with van der Waals surface area (Å²) >= 11 is 0. The Bertz CT molecular complexity index is 1170. The summed E-state index contributed by atoms with van der Waals surface area (Å²) in [7, 11) is 0. The minimum atomic E-state index is -0.471. The lowest BCUT2D eigenvalue weighted by Crippen LogP contribution is -2.34. The lowest BCUT2D eigenvalue weighted by molar-refractivity contribution is 0.0951. The van der Waals surface area contributed by atoms with Crippen molar-refractivity contribution in [3.63, 3.8) is 0 Å². The van der Waals surface area contributed by atoms with E-state index < -0.39 is 5.69 Å². The highest BCUT2D eigenvalue weighted by atomic mass is 16.2. The first-order valence-corrected chi connectivity index (χ1v) is 10.4. The van der Waals surface area contributed by atoms with Gasteiger partial charge in [-0.2, -0.15) is 0 Å². The van der Waals surface area contributed by atoms with E-state index >= 15 is 0 Å². The lowest BCUT2D eigenvalue weighted by atomic mass is 10.1. The molecular formula is C23H26N4O3. The second-order valence-electron chi connectivity index (χ2n) is 7.72. The van der Waals surface area contributed by atoms with Gasteiger partial charge in [-0.25, -0.2) is 4.79 Å². The maximum Gasteiger partial charge on any atom is 0.328 e. The second kappa shape index (κ2) is 8.67. The minimum Gasteiger partial charge on any atom is -0.348 e. The summed E-state index contributed by atoms with van der Waals surface area (Å²) in [6.07, 6.45) is 2.56. The van der Waals surface area contributed by atoms with E-state index in [1.54, 1.807) is 25.1 Å². The SMILES string of the molecule is CCn1c(=O)[nH]c2cc(C(=O)NCc3ccc(CN4CCCC4)cc3)ccc2c1=O. The Morgan fingerprint density at radius 2 is 1.73 bits per heavy atom. The Morgan fingerprint density at radius 3 is 2.43 bits per heavy atom. The van der Waals surface area contributed by atoms with Crippen LogP contribution in [0.2, 0.25) is 0 Å². The van der Waals surface area contributed by atoms with Gasteiger partial charge in [0.05, 0.1) is 10.9 Å². The summed E-state index contributed by atoms with van der Waals surface area (Å²) < 4.78 is 1.13. The number of aromatic nitrogens is 2. The molecule has 1 saturated heterocycles. The number of nitrogens with one attached hydrogen (secondary N) is 2. The van der Waals surface area contributed by atoms with E-state index in [1.165, 1.54) is 31.5 Å². The molecule has 0 aliphatic carbocycles. The van der Waals surface area contributed by atoms with Gasteiger partial charge in [0, 0.05) is 25.2 Å². The molecule has 2 heterocycles. The number of likely N-dealkylation sites (tertiary alicyclic amines) is 1. The number of fused-ring (bicyclic) bond motifs is 1. The fourth-order valence-electron chi connectivity index (χ4n) is 3.93. The van der Waals surface area contributed by atoms with Crippen LogP contribution in [0.1, 0.15) is 41.3 Å². The summed E-state index contributed by atoms with van der Waals surface area (Å²) in [5.41, 5.74) is 2.25. The van der Waals surface area contributed by atoms with Gasteiger partial charge in [-0.1, -0.05) is 24.3 Å². The predicted molar refractivity (Wildman–Crippen MR) is 117 cm³/mol. The maximum absolute atomic E-state index is 12.6. The fraction of sp³-hybridized carbons (Fsp3) is 0.348. The normalized spacial score (nSPS) is 14.3. The third-order valence-corrected chi connectivity index (χ3v) is 5.64. The Hall–Kier alpha value is -3.19. The highest BCUT2D eigenvalue weighted by Crippen LogP contribution is 2.14. The van der Waals surface area contributed by atoms with Gasteiger partial charge in [0.1, 0.15) is 0 Å². The van der Waals surface area contributed by atoms with E-state index in [-0.39, 0.29) is 11.5 Å². The van der Waals surface area contributed by atoms with E-state index in [9.17, 15) is 14.4 Å². The van der Waals surface area contributed by atoms with Crippen LogP contribution in [-0.2, 0) is 19.6 Å². The van der Waals surface area contributed by atoms with Crippen LogP contribution in [0.5, 0.6) is 0 Å². The Labute approximate surface area is 174 Å². The van der Waals surface area contributed by atoms with Crippen LogP contribution in [0.4, 0.5) is 0 Å². The molecule has 1 aliphatic heterocycles. The maximum atomic E-state index is 12.6. The van der Waals surface area contributed by atoms with Gasteiger partial charge in [-0.3, -0.25) is 19.1 Å². The van der Waals surface area contributed by atoms with Crippen molar-refractivity contribution in [1.82, 2.24) is 19.8 Å². The van der Waals surface area contributed by atoms with Gasteiger partial charge < -0.3 is 10.3 Å². The first-order valence-electron chi connectivity index (χ1n) is 10.4. The third-order valence-electron chi connectivity index (χ3n) is 5.64. The molecule has 7 heteroatoms. The van der Waals surface area contributed by atoms with Gasteiger partial charge in [-0.15, -0.1) is 0 Å². The molecule has 1 amide bonds. The van der Waals surface area contributed by atoms with Crippen molar-refractivity contribution in [3.8, 4) is 0 Å². The largest absolute Gasteiger partial charge is 0.348 e. The molecule has 0 radical (unpaired) electrons. The zero-order valence-electron chi connectivity index (χ0n) is 17.1. The number of aromatic amines is 1. The molecule has 0 spiro atoms. The van der Waals surface area contributed by atoms with Gasteiger partial charge in [0.25, 0.3) is 11.5 Å². The van der Waals surface area contributed by atoms with Crippen LogP contribution in [0.3, 0.4) is 0 Å².